The molecule has 0 aliphatic rings. The fourth-order valence-corrected chi connectivity index (χ4v) is 1.66. The maximum Gasteiger partial charge on any atom is 0.269 e. The molecule has 0 unspecified atom stereocenters. The van der Waals surface area contributed by atoms with Gasteiger partial charge in [-0.15, -0.1) is 0 Å². The molecule has 16 heavy (non-hydrogen) atoms. The maximum absolute atomic E-state index is 11.5. The lowest BCUT2D eigenvalue weighted by molar-refractivity contribution is 0.953. The average Bonchev–Trinajstić information content (AvgIpc) is 2.33. The van der Waals surface area contributed by atoms with Gasteiger partial charge in [0.05, 0.1) is 5.69 Å². The van der Waals surface area contributed by atoms with Gasteiger partial charge in [-0.2, -0.15) is 0 Å². The second kappa shape index (κ2) is 4.31. The first-order valence-corrected chi connectivity index (χ1v) is 5.37. The van der Waals surface area contributed by atoms with Crippen molar-refractivity contribution in [1.29, 1.82) is 0 Å². The Kier molecular flexibility index (Phi) is 2.86. The molecule has 1 heterocycles. The van der Waals surface area contributed by atoms with E-state index >= 15 is 0 Å². The minimum Gasteiger partial charge on any atom is -0.323 e. The van der Waals surface area contributed by atoms with Gasteiger partial charge in [-0.3, -0.25) is 4.79 Å². The van der Waals surface area contributed by atoms with Gasteiger partial charge in [0.25, 0.3) is 5.56 Å². The van der Waals surface area contributed by atoms with Gasteiger partial charge in [-0.25, -0.2) is 4.98 Å². The van der Waals surface area contributed by atoms with E-state index in [4.69, 9.17) is 0 Å². The summed E-state index contributed by atoms with van der Waals surface area (Å²) in [7, 11) is 0. The summed E-state index contributed by atoms with van der Waals surface area (Å²) in [6.45, 7) is 3.74. The van der Waals surface area contributed by atoms with E-state index in [0.29, 0.717) is 5.69 Å². The highest BCUT2D eigenvalue weighted by molar-refractivity contribution is 5.61. The summed E-state index contributed by atoms with van der Waals surface area (Å²) in [5.74, 6) is 0. The van der Waals surface area contributed by atoms with E-state index in [9.17, 15) is 4.79 Å². The molecule has 0 aliphatic heterocycles. The third-order valence-electron chi connectivity index (χ3n) is 2.56. The Bertz CT molecular complexity index is 544. The van der Waals surface area contributed by atoms with Crippen LogP contribution in [0.5, 0.6) is 0 Å². The zero-order chi connectivity index (χ0) is 11.5. The van der Waals surface area contributed by atoms with Gasteiger partial charge in [0.15, 0.2) is 0 Å². The van der Waals surface area contributed by atoms with Crippen molar-refractivity contribution in [3.63, 3.8) is 0 Å². The third kappa shape index (κ3) is 1.89. The van der Waals surface area contributed by atoms with Gasteiger partial charge in [0.2, 0.25) is 0 Å². The van der Waals surface area contributed by atoms with Gasteiger partial charge in [0.1, 0.15) is 5.69 Å². The van der Waals surface area contributed by atoms with Gasteiger partial charge < -0.3 is 4.98 Å². The summed E-state index contributed by atoms with van der Waals surface area (Å²) >= 11 is 0. The highest BCUT2D eigenvalue weighted by Gasteiger charge is 2.08. The van der Waals surface area contributed by atoms with Crippen molar-refractivity contribution in [2.45, 2.75) is 20.3 Å². The van der Waals surface area contributed by atoms with E-state index in [-0.39, 0.29) is 5.56 Å². The van der Waals surface area contributed by atoms with Crippen LogP contribution in [0.3, 0.4) is 0 Å². The van der Waals surface area contributed by atoms with E-state index in [2.05, 4.69) is 9.97 Å². The normalized spacial score (nSPS) is 10.4. The van der Waals surface area contributed by atoms with Crippen LogP contribution in [-0.2, 0) is 6.42 Å². The first-order valence-electron chi connectivity index (χ1n) is 5.37. The van der Waals surface area contributed by atoms with Gasteiger partial charge in [0, 0.05) is 11.3 Å². The molecule has 0 saturated heterocycles. The first-order chi connectivity index (χ1) is 7.72. The second-order valence-electron chi connectivity index (χ2n) is 3.70. The second-order valence-corrected chi connectivity index (χ2v) is 3.70. The summed E-state index contributed by atoms with van der Waals surface area (Å²) in [5.41, 5.74) is 3.22. The van der Waals surface area contributed by atoms with Gasteiger partial charge in [-0.05, 0) is 13.3 Å². The zero-order valence-corrected chi connectivity index (χ0v) is 9.45. The van der Waals surface area contributed by atoms with Crippen molar-refractivity contribution in [3.8, 4) is 11.3 Å². The van der Waals surface area contributed by atoms with Crippen molar-refractivity contribution in [2.24, 2.45) is 0 Å². The fourth-order valence-electron chi connectivity index (χ4n) is 1.66. The molecule has 1 aromatic carbocycles. The molecule has 0 amide bonds. The van der Waals surface area contributed by atoms with Crippen LogP contribution in [0.4, 0.5) is 0 Å². The molecule has 3 heteroatoms. The quantitative estimate of drug-likeness (QED) is 0.833. The van der Waals surface area contributed by atoms with Crippen LogP contribution in [0, 0.1) is 6.92 Å². The number of H-pyrrole nitrogens is 1. The van der Waals surface area contributed by atoms with Crippen LogP contribution in [0.25, 0.3) is 11.3 Å². The molecule has 3 nitrogen and oxygen atoms in total. The van der Waals surface area contributed by atoms with Crippen molar-refractivity contribution in [3.05, 3.63) is 52.1 Å². The average molecular weight is 214 g/mol. The highest BCUT2D eigenvalue weighted by atomic mass is 16.1. The molecule has 0 bridgehead atoms. The molecule has 0 saturated carbocycles. The lowest BCUT2D eigenvalue weighted by Gasteiger charge is -2.07. The molecular weight excluding hydrogens is 200 g/mol. The Balaban J connectivity index is 2.65. The predicted molar refractivity (Wildman–Crippen MR) is 64.4 cm³/mol. The molecule has 2 aromatic rings. The Morgan fingerprint density at radius 1 is 1.25 bits per heavy atom. The fraction of sp³-hybridized carbons (Fsp3) is 0.231. The molecule has 0 fully saturated rings. The molecule has 82 valence electrons. The van der Waals surface area contributed by atoms with E-state index in [1.807, 2.05) is 37.3 Å². The lowest BCUT2D eigenvalue weighted by Crippen LogP contribution is -2.15. The monoisotopic (exact) mass is 214 g/mol. The van der Waals surface area contributed by atoms with Crippen LogP contribution in [0.2, 0.25) is 0 Å². The van der Waals surface area contributed by atoms with E-state index in [0.717, 1.165) is 23.4 Å². The summed E-state index contributed by atoms with van der Waals surface area (Å²) < 4.78 is 0. The number of hydrogen-bond acceptors (Lipinski definition) is 2. The summed E-state index contributed by atoms with van der Waals surface area (Å²) in [6, 6.07) is 9.90. The number of nitrogens with zero attached hydrogens (tertiary/aromatic N) is 1. The topological polar surface area (TPSA) is 45.8 Å². The number of hydrogen-bond donors (Lipinski definition) is 1. The summed E-state index contributed by atoms with van der Waals surface area (Å²) in [5, 5.41) is 0. The largest absolute Gasteiger partial charge is 0.323 e. The molecule has 0 spiro atoms. The Morgan fingerprint density at radius 3 is 2.56 bits per heavy atom. The molecule has 1 N–H and O–H groups in total. The van der Waals surface area contributed by atoms with E-state index in [1.54, 1.807) is 6.92 Å². The number of aromatic nitrogens is 2. The number of benzene rings is 1. The van der Waals surface area contributed by atoms with Crippen LogP contribution in [0.15, 0.2) is 35.1 Å². The Hall–Kier alpha value is -1.90. The number of rotatable bonds is 2. The minimum atomic E-state index is -0.100. The van der Waals surface area contributed by atoms with Crippen LogP contribution in [0.1, 0.15) is 18.3 Å². The molecular formula is C13H14N2O. The Labute approximate surface area is 94.2 Å². The van der Waals surface area contributed by atoms with Crippen LogP contribution < -0.4 is 5.56 Å². The van der Waals surface area contributed by atoms with E-state index in [1.165, 1.54) is 0 Å². The molecule has 0 aliphatic carbocycles. The SMILES string of the molecule is CCc1[nH]c(=O)c(C)nc1-c1ccccc1. The minimum absolute atomic E-state index is 0.100. The van der Waals surface area contributed by atoms with Crippen LogP contribution in [-0.4, -0.2) is 9.97 Å². The number of nitrogens with one attached hydrogen (secondary N) is 1. The third-order valence-corrected chi connectivity index (χ3v) is 2.56. The molecule has 2 rings (SSSR count). The van der Waals surface area contributed by atoms with Crippen molar-refractivity contribution in [1.82, 2.24) is 9.97 Å². The molecule has 0 atom stereocenters. The molecule has 1 aromatic heterocycles. The smallest absolute Gasteiger partial charge is 0.269 e. The van der Waals surface area contributed by atoms with Crippen LogP contribution >= 0.6 is 0 Å². The Morgan fingerprint density at radius 2 is 1.94 bits per heavy atom. The van der Waals surface area contributed by atoms with Crippen molar-refractivity contribution in [2.75, 3.05) is 0 Å². The van der Waals surface area contributed by atoms with Crippen molar-refractivity contribution < 1.29 is 0 Å². The standard InChI is InChI=1S/C13H14N2O/c1-3-11-12(10-7-5-4-6-8-10)14-9(2)13(16)15-11/h4-8H,3H2,1-2H3,(H,15,16). The number of aromatic amines is 1. The first kappa shape index (κ1) is 10.6. The lowest BCUT2D eigenvalue weighted by atomic mass is 10.1. The summed E-state index contributed by atoms with van der Waals surface area (Å²) in [6.07, 6.45) is 0.771. The zero-order valence-electron chi connectivity index (χ0n) is 9.45. The van der Waals surface area contributed by atoms with Gasteiger partial charge >= 0.3 is 0 Å². The summed E-state index contributed by atoms with van der Waals surface area (Å²) in [4.78, 5) is 18.7. The number of aryl methyl sites for hydroxylation is 2. The van der Waals surface area contributed by atoms with E-state index < -0.39 is 0 Å². The molecule has 0 radical (unpaired) electrons. The van der Waals surface area contributed by atoms with Crippen molar-refractivity contribution >= 4 is 0 Å². The highest BCUT2D eigenvalue weighted by Crippen LogP contribution is 2.19. The maximum atomic E-state index is 11.5. The predicted octanol–water partition coefficient (Wildman–Crippen LogP) is 2.31. The van der Waals surface area contributed by atoms with Gasteiger partial charge in [-0.1, -0.05) is 37.3 Å².